The topological polar surface area (TPSA) is 46.6 Å². The van der Waals surface area contributed by atoms with Crippen LogP contribution in [-0.2, 0) is 14.3 Å². The minimum atomic E-state index is -0.362. The lowest BCUT2D eigenvalue weighted by atomic mass is 10.3. The maximum Gasteiger partial charge on any atom is 0.325 e. The number of benzene rings is 1. The second-order valence-corrected chi connectivity index (χ2v) is 5.57. The Morgan fingerprint density at radius 2 is 1.90 bits per heavy atom. The molecule has 1 rings (SSSR count). The third kappa shape index (κ3) is 5.65. The van der Waals surface area contributed by atoms with Gasteiger partial charge in [-0.25, -0.2) is 0 Å². The van der Waals surface area contributed by atoms with E-state index in [-0.39, 0.29) is 24.5 Å². The molecule has 4 nitrogen and oxygen atoms in total. The minimum absolute atomic E-state index is 0.0136. The fourth-order valence-corrected chi connectivity index (χ4v) is 2.45. The molecular weight excluding hydrogens is 274 g/mol. The minimum Gasteiger partial charge on any atom is -0.465 e. The van der Waals surface area contributed by atoms with E-state index in [0.29, 0.717) is 12.4 Å². The molecule has 1 amide bonds. The van der Waals surface area contributed by atoms with Gasteiger partial charge in [0.15, 0.2) is 0 Å². The molecule has 0 saturated heterocycles. The van der Waals surface area contributed by atoms with Crippen molar-refractivity contribution in [3.63, 3.8) is 0 Å². The SMILES string of the molecule is CCOC(=O)CN(C(=O)CSc1ccccc1)C(C)C. The highest BCUT2D eigenvalue weighted by atomic mass is 32.2. The zero-order valence-electron chi connectivity index (χ0n) is 12.2. The van der Waals surface area contributed by atoms with Gasteiger partial charge in [-0.1, -0.05) is 18.2 Å². The summed E-state index contributed by atoms with van der Waals surface area (Å²) in [6, 6.07) is 9.71. The third-order valence-electron chi connectivity index (χ3n) is 2.65. The van der Waals surface area contributed by atoms with Crippen LogP contribution in [0.2, 0.25) is 0 Å². The second kappa shape index (κ2) is 8.64. The fourth-order valence-electron chi connectivity index (χ4n) is 1.65. The number of hydrogen-bond donors (Lipinski definition) is 0. The Kier molecular flexibility index (Phi) is 7.15. The zero-order valence-corrected chi connectivity index (χ0v) is 13.0. The zero-order chi connectivity index (χ0) is 15.0. The number of carbonyl (C=O) groups is 2. The summed E-state index contributed by atoms with van der Waals surface area (Å²) in [5, 5.41) is 0. The van der Waals surface area contributed by atoms with Crippen LogP contribution >= 0.6 is 11.8 Å². The van der Waals surface area contributed by atoms with Crippen molar-refractivity contribution in [2.45, 2.75) is 31.7 Å². The highest BCUT2D eigenvalue weighted by molar-refractivity contribution is 8.00. The van der Waals surface area contributed by atoms with Crippen LogP contribution < -0.4 is 0 Å². The second-order valence-electron chi connectivity index (χ2n) is 4.52. The first-order valence-corrected chi connectivity index (χ1v) is 7.66. The van der Waals surface area contributed by atoms with Gasteiger partial charge in [0.05, 0.1) is 12.4 Å². The largest absolute Gasteiger partial charge is 0.465 e. The molecule has 0 bridgehead atoms. The molecule has 0 fully saturated rings. The quantitative estimate of drug-likeness (QED) is 0.573. The van der Waals surface area contributed by atoms with Crippen LogP contribution in [0.3, 0.4) is 0 Å². The Balaban J connectivity index is 2.54. The van der Waals surface area contributed by atoms with Crippen LogP contribution in [-0.4, -0.2) is 41.7 Å². The summed E-state index contributed by atoms with van der Waals surface area (Å²) in [5.41, 5.74) is 0. The van der Waals surface area contributed by atoms with Gasteiger partial charge < -0.3 is 9.64 Å². The standard InChI is InChI=1S/C15H21NO3S/c1-4-19-15(18)10-16(12(2)3)14(17)11-20-13-8-6-5-7-9-13/h5-9,12H,4,10-11H2,1-3H3. The van der Waals surface area contributed by atoms with Gasteiger partial charge in [-0.3, -0.25) is 9.59 Å². The van der Waals surface area contributed by atoms with E-state index in [9.17, 15) is 9.59 Å². The molecule has 0 aliphatic carbocycles. The Labute approximate surface area is 124 Å². The van der Waals surface area contributed by atoms with Crippen molar-refractivity contribution < 1.29 is 14.3 Å². The van der Waals surface area contributed by atoms with Crippen molar-refractivity contribution in [3.05, 3.63) is 30.3 Å². The van der Waals surface area contributed by atoms with Crippen LogP contribution in [0.25, 0.3) is 0 Å². The van der Waals surface area contributed by atoms with Crippen molar-refractivity contribution in [1.29, 1.82) is 0 Å². The molecule has 0 aliphatic rings. The van der Waals surface area contributed by atoms with Gasteiger partial charge in [-0.15, -0.1) is 11.8 Å². The maximum absolute atomic E-state index is 12.2. The predicted octanol–water partition coefficient (Wildman–Crippen LogP) is 2.58. The summed E-state index contributed by atoms with van der Waals surface area (Å²) < 4.78 is 4.90. The number of nitrogens with zero attached hydrogens (tertiary/aromatic N) is 1. The van der Waals surface area contributed by atoms with Gasteiger partial charge in [-0.05, 0) is 32.9 Å². The Hall–Kier alpha value is -1.49. The molecule has 0 N–H and O–H groups in total. The molecular formula is C15H21NO3S. The monoisotopic (exact) mass is 295 g/mol. The van der Waals surface area contributed by atoms with Gasteiger partial charge in [0.2, 0.25) is 5.91 Å². The number of carbonyl (C=O) groups excluding carboxylic acids is 2. The number of rotatable bonds is 7. The smallest absolute Gasteiger partial charge is 0.325 e. The summed E-state index contributed by atoms with van der Waals surface area (Å²) in [7, 11) is 0. The molecule has 20 heavy (non-hydrogen) atoms. The maximum atomic E-state index is 12.2. The third-order valence-corrected chi connectivity index (χ3v) is 3.65. The van der Waals surface area contributed by atoms with Crippen LogP contribution in [0.15, 0.2) is 35.2 Å². The first-order valence-electron chi connectivity index (χ1n) is 6.67. The van der Waals surface area contributed by atoms with Crippen molar-refractivity contribution in [2.75, 3.05) is 18.9 Å². The Bertz CT molecular complexity index is 434. The van der Waals surface area contributed by atoms with E-state index < -0.39 is 0 Å². The molecule has 1 aromatic carbocycles. The average Bonchev–Trinajstić information content (AvgIpc) is 2.43. The van der Waals surface area contributed by atoms with Crippen molar-refractivity contribution in [1.82, 2.24) is 4.90 Å². The number of thioether (sulfide) groups is 1. The molecule has 0 heterocycles. The first-order chi connectivity index (χ1) is 9.54. The Morgan fingerprint density at radius 1 is 1.25 bits per heavy atom. The van der Waals surface area contributed by atoms with Crippen molar-refractivity contribution >= 4 is 23.6 Å². The summed E-state index contributed by atoms with van der Waals surface area (Å²) in [6.45, 7) is 5.89. The van der Waals surface area contributed by atoms with E-state index in [4.69, 9.17) is 4.74 Å². The highest BCUT2D eigenvalue weighted by Crippen LogP contribution is 2.18. The van der Waals surface area contributed by atoms with E-state index in [1.54, 1.807) is 11.8 Å². The number of esters is 1. The molecule has 0 radical (unpaired) electrons. The molecule has 5 heteroatoms. The lowest BCUT2D eigenvalue weighted by Gasteiger charge is -2.25. The van der Waals surface area contributed by atoms with E-state index in [2.05, 4.69) is 0 Å². The van der Waals surface area contributed by atoms with Crippen LogP contribution in [0, 0.1) is 0 Å². The van der Waals surface area contributed by atoms with E-state index in [1.165, 1.54) is 11.8 Å². The summed E-state index contributed by atoms with van der Waals surface area (Å²) >= 11 is 1.47. The van der Waals surface area contributed by atoms with Crippen LogP contribution in [0.1, 0.15) is 20.8 Å². The average molecular weight is 295 g/mol. The number of amides is 1. The highest BCUT2D eigenvalue weighted by Gasteiger charge is 2.20. The molecule has 0 unspecified atom stereocenters. The van der Waals surface area contributed by atoms with E-state index >= 15 is 0 Å². The van der Waals surface area contributed by atoms with Gasteiger partial charge in [0.25, 0.3) is 0 Å². The van der Waals surface area contributed by atoms with E-state index in [1.807, 2.05) is 44.2 Å². The van der Waals surface area contributed by atoms with Crippen LogP contribution in [0.4, 0.5) is 0 Å². The number of ether oxygens (including phenoxy) is 1. The molecule has 0 atom stereocenters. The summed E-state index contributed by atoms with van der Waals surface area (Å²) in [4.78, 5) is 26.3. The molecule has 0 saturated carbocycles. The van der Waals surface area contributed by atoms with Crippen molar-refractivity contribution in [2.24, 2.45) is 0 Å². The molecule has 0 aliphatic heterocycles. The van der Waals surface area contributed by atoms with Gasteiger partial charge >= 0.3 is 5.97 Å². The molecule has 0 aromatic heterocycles. The van der Waals surface area contributed by atoms with E-state index in [0.717, 1.165) is 4.90 Å². The molecule has 1 aromatic rings. The van der Waals surface area contributed by atoms with Gasteiger partial charge in [-0.2, -0.15) is 0 Å². The Morgan fingerprint density at radius 3 is 2.45 bits per heavy atom. The fraction of sp³-hybridized carbons (Fsp3) is 0.467. The lowest BCUT2D eigenvalue weighted by molar-refractivity contribution is -0.149. The van der Waals surface area contributed by atoms with Crippen molar-refractivity contribution in [3.8, 4) is 0 Å². The predicted molar refractivity (Wildman–Crippen MR) is 80.6 cm³/mol. The van der Waals surface area contributed by atoms with Crippen LogP contribution in [0.5, 0.6) is 0 Å². The van der Waals surface area contributed by atoms with Gasteiger partial charge in [0, 0.05) is 10.9 Å². The molecule has 110 valence electrons. The summed E-state index contributed by atoms with van der Waals surface area (Å²) in [5.74, 6) is -0.0946. The lowest BCUT2D eigenvalue weighted by Crippen LogP contribution is -2.42. The first kappa shape index (κ1) is 16.6. The van der Waals surface area contributed by atoms with Gasteiger partial charge in [0.1, 0.15) is 6.54 Å². The summed E-state index contributed by atoms with van der Waals surface area (Å²) in [6.07, 6.45) is 0. The molecule has 0 spiro atoms. The normalized spacial score (nSPS) is 10.4. The number of hydrogen-bond acceptors (Lipinski definition) is 4.